The van der Waals surface area contributed by atoms with Gasteiger partial charge < -0.3 is 5.11 Å². The summed E-state index contributed by atoms with van der Waals surface area (Å²) >= 11 is 0. The summed E-state index contributed by atoms with van der Waals surface area (Å²) in [7, 11) is 0. The van der Waals surface area contributed by atoms with Gasteiger partial charge >= 0.3 is 5.97 Å². The highest BCUT2D eigenvalue weighted by Gasteiger charge is 2.28. The molecule has 0 aliphatic carbocycles. The van der Waals surface area contributed by atoms with Gasteiger partial charge in [0, 0.05) is 17.1 Å². The Hall–Kier alpha value is -4.78. The number of benzene rings is 3. The molecule has 0 saturated carbocycles. The summed E-state index contributed by atoms with van der Waals surface area (Å²) in [5.74, 6) is -1.44. The molecule has 1 aliphatic rings. The van der Waals surface area contributed by atoms with Gasteiger partial charge in [0.2, 0.25) is 0 Å². The first-order chi connectivity index (χ1) is 16.4. The van der Waals surface area contributed by atoms with Gasteiger partial charge in [0.15, 0.2) is 0 Å². The summed E-state index contributed by atoms with van der Waals surface area (Å²) in [5, 5.41) is 15.6. The molecule has 34 heavy (non-hydrogen) atoms. The maximum atomic E-state index is 13.0. The number of hydrogen-bond acceptors (Lipinski definition) is 4. The van der Waals surface area contributed by atoms with Crippen LogP contribution < -0.4 is 5.01 Å². The number of carbonyl (C=O) groups excluding carboxylic acids is 2. The van der Waals surface area contributed by atoms with Gasteiger partial charge in [-0.1, -0.05) is 24.3 Å². The fourth-order valence-electron chi connectivity index (χ4n) is 3.92. The number of rotatable bonds is 4. The van der Waals surface area contributed by atoms with Crippen molar-refractivity contribution in [2.45, 2.75) is 6.92 Å². The Kier molecular flexibility index (Phi) is 5.14. The molecule has 0 saturated heterocycles. The molecule has 166 valence electrons. The zero-order valence-electron chi connectivity index (χ0n) is 18.2. The van der Waals surface area contributed by atoms with E-state index < -0.39 is 5.97 Å². The molecule has 5 rings (SSSR count). The standard InChI is InChI=1S/C27H19N3O4/c1-17-23(26(32)30(28-17)22-10-8-20(9-11-22)27(33)34)16-18-7-12-24-21(15-18)13-14-29(24)25(31)19-5-3-2-4-6-19/h2-16H,1H3,(H,33,34)/b23-16-. The number of aromatic nitrogens is 1. The van der Waals surface area contributed by atoms with E-state index in [1.54, 1.807) is 48.0 Å². The highest BCUT2D eigenvalue weighted by Crippen LogP contribution is 2.27. The minimum absolute atomic E-state index is 0.111. The summed E-state index contributed by atoms with van der Waals surface area (Å²) in [5.41, 5.74) is 3.82. The summed E-state index contributed by atoms with van der Waals surface area (Å²) in [4.78, 5) is 37.0. The van der Waals surface area contributed by atoms with Crippen LogP contribution in [-0.4, -0.2) is 33.2 Å². The van der Waals surface area contributed by atoms with E-state index in [-0.39, 0.29) is 17.4 Å². The van der Waals surface area contributed by atoms with E-state index in [0.29, 0.717) is 22.5 Å². The average molecular weight is 449 g/mol. The van der Waals surface area contributed by atoms with Gasteiger partial charge in [-0.3, -0.25) is 14.2 Å². The average Bonchev–Trinajstić information content (AvgIpc) is 3.40. The van der Waals surface area contributed by atoms with Gasteiger partial charge in [0.25, 0.3) is 11.8 Å². The van der Waals surface area contributed by atoms with Crippen LogP contribution in [0.15, 0.2) is 95.7 Å². The van der Waals surface area contributed by atoms with Crippen LogP contribution >= 0.6 is 0 Å². The van der Waals surface area contributed by atoms with Crippen LogP contribution in [0.5, 0.6) is 0 Å². The Morgan fingerprint density at radius 3 is 2.35 bits per heavy atom. The molecule has 0 atom stereocenters. The number of carbonyl (C=O) groups is 3. The molecule has 1 amide bonds. The van der Waals surface area contributed by atoms with Crippen molar-refractivity contribution in [3.05, 3.63) is 107 Å². The molecule has 0 fully saturated rings. The zero-order valence-corrected chi connectivity index (χ0v) is 18.2. The van der Waals surface area contributed by atoms with E-state index in [1.165, 1.54) is 17.1 Å². The number of anilines is 1. The molecule has 1 N–H and O–H groups in total. The highest BCUT2D eigenvalue weighted by atomic mass is 16.4. The van der Waals surface area contributed by atoms with Gasteiger partial charge in [-0.05, 0) is 73.2 Å². The first kappa shape index (κ1) is 21.1. The SMILES string of the molecule is CC1=NN(c2ccc(C(=O)O)cc2)C(=O)/C1=C\c1ccc2c(ccn2C(=O)c2ccccc2)c1. The fraction of sp³-hybridized carbons (Fsp3) is 0.0370. The van der Waals surface area contributed by atoms with Gasteiger partial charge in [-0.2, -0.15) is 10.1 Å². The molecule has 0 bridgehead atoms. The monoisotopic (exact) mass is 449 g/mol. The zero-order chi connectivity index (χ0) is 23.8. The van der Waals surface area contributed by atoms with E-state index in [1.807, 2.05) is 42.5 Å². The van der Waals surface area contributed by atoms with E-state index in [2.05, 4.69) is 5.10 Å². The van der Waals surface area contributed by atoms with E-state index in [0.717, 1.165) is 16.5 Å². The molecule has 2 heterocycles. The van der Waals surface area contributed by atoms with Crippen molar-refractivity contribution in [2.24, 2.45) is 5.10 Å². The second-order valence-corrected chi connectivity index (χ2v) is 7.89. The normalized spacial score (nSPS) is 14.6. The van der Waals surface area contributed by atoms with Crippen molar-refractivity contribution in [3.63, 3.8) is 0 Å². The summed E-state index contributed by atoms with van der Waals surface area (Å²) in [6.45, 7) is 1.75. The van der Waals surface area contributed by atoms with Crippen LogP contribution in [0.1, 0.15) is 33.2 Å². The number of hydrogen-bond donors (Lipinski definition) is 1. The lowest BCUT2D eigenvalue weighted by molar-refractivity contribution is -0.114. The molecule has 1 aliphatic heterocycles. The van der Waals surface area contributed by atoms with Crippen LogP contribution in [0, 0.1) is 0 Å². The second kappa shape index (κ2) is 8.29. The summed E-state index contributed by atoms with van der Waals surface area (Å²) in [6, 6.07) is 22.6. The third-order valence-corrected chi connectivity index (χ3v) is 5.69. The van der Waals surface area contributed by atoms with E-state index >= 15 is 0 Å². The quantitative estimate of drug-likeness (QED) is 0.452. The van der Waals surface area contributed by atoms with Gasteiger partial charge in [0.1, 0.15) is 0 Å². The molecule has 7 nitrogen and oxygen atoms in total. The number of carboxylic acids is 1. The molecule has 7 heteroatoms. The highest BCUT2D eigenvalue weighted by molar-refractivity contribution is 6.32. The number of aromatic carboxylic acids is 1. The molecular formula is C27H19N3O4. The smallest absolute Gasteiger partial charge is 0.335 e. The predicted octanol–water partition coefficient (Wildman–Crippen LogP) is 4.83. The largest absolute Gasteiger partial charge is 0.478 e. The second-order valence-electron chi connectivity index (χ2n) is 7.89. The minimum atomic E-state index is -1.03. The Morgan fingerprint density at radius 2 is 1.65 bits per heavy atom. The van der Waals surface area contributed by atoms with Crippen molar-refractivity contribution < 1.29 is 19.5 Å². The summed E-state index contributed by atoms with van der Waals surface area (Å²) in [6.07, 6.45) is 3.51. The molecule has 0 unspecified atom stereocenters. The van der Waals surface area contributed by atoms with Gasteiger partial charge in [0.05, 0.1) is 28.1 Å². The van der Waals surface area contributed by atoms with Crippen LogP contribution in [0.2, 0.25) is 0 Å². The number of hydrazone groups is 1. The molecule has 4 aromatic rings. The maximum Gasteiger partial charge on any atom is 0.335 e. The fourth-order valence-corrected chi connectivity index (χ4v) is 3.92. The van der Waals surface area contributed by atoms with Gasteiger partial charge in [-0.25, -0.2) is 4.79 Å². The Labute approximate surface area is 194 Å². The number of nitrogens with zero attached hydrogens (tertiary/aromatic N) is 3. The first-order valence-corrected chi connectivity index (χ1v) is 10.6. The maximum absolute atomic E-state index is 13.0. The topological polar surface area (TPSA) is 92.0 Å². The molecular weight excluding hydrogens is 430 g/mol. The number of carboxylic acid groups (broad SMARTS) is 1. The lowest BCUT2D eigenvalue weighted by atomic mass is 10.1. The number of amides is 1. The number of fused-ring (bicyclic) bond motifs is 1. The van der Waals surface area contributed by atoms with Crippen LogP contribution in [0.4, 0.5) is 5.69 Å². The Balaban J connectivity index is 1.43. The lowest BCUT2D eigenvalue weighted by Gasteiger charge is -2.11. The van der Waals surface area contributed by atoms with Crippen molar-refractivity contribution in [2.75, 3.05) is 5.01 Å². The molecule has 0 radical (unpaired) electrons. The predicted molar refractivity (Wildman–Crippen MR) is 130 cm³/mol. The van der Waals surface area contributed by atoms with Crippen molar-refractivity contribution in [1.82, 2.24) is 4.57 Å². The Morgan fingerprint density at radius 1 is 0.912 bits per heavy atom. The van der Waals surface area contributed by atoms with E-state index in [4.69, 9.17) is 5.11 Å². The molecule has 1 aromatic heterocycles. The first-order valence-electron chi connectivity index (χ1n) is 10.6. The van der Waals surface area contributed by atoms with Crippen molar-refractivity contribution in [1.29, 1.82) is 0 Å². The molecule has 3 aromatic carbocycles. The minimum Gasteiger partial charge on any atom is -0.478 e. The summed E-state index contributed by atoms with van der Waals surface area (Å²) < 4.78 is 1.61. The Bertz CT molecular complexity index is 1510. The van der Waals surface area contributed by atoms with E-state index in [9.17, 15) is 14.4 Å². The van der Waals surface area contributed by atoms with Crippen LogP contribution in [0.3, 0.4) is 0 Å². The van der Waals surface area contributed by atoms with Crippen molar-refractivity contribution >= 4 is 46.2 Å². The van der Waals surface area contributed by atoms with Gasteiger partial charge in [-0.15, -0.1) is 0 Å². The third-order valence-electron chi connectivity index (χ3n) is 5.69. The van der Waals surface area contributed by atoms with Crippen molar-refractivity contribution in [3.8, 4) is 0 Å². The lowest BCUT2D eigenvalue weighted by Crippen LogP contribution is -2.21. The molecule has 0 spiro atoms. The third kappa shape index (κ3) is 3.69. The van der Waals surface area contributed by atoms with Crippen LogP contribution in [0.25, 0.3) is 17.0 Å². The van der Waals surface area contributed by atoms with Crippen LogP contribution in [-0.2, 0) is 4.79 Å².